The minimum atomic E-state index is 0.889. The Hall–Kier alpha value is -1.70. The van der Waals surface area contributed by atoms with Gasteiger partial charge in [-0.2, -0.15) is 0 Å². The summed E-state index contributed by atoms with van der Waals surface area (Å²) < 4.78 is 0. The van der Waals surface area contributed by atoms with Gasteiger partial charge in [0, 0.05) is 17.8 Å². The Morgan fingerprint density at radius 1 is 1.25 bits per heavy atom. The van der Waals surface area contributed by atoms with Gasteiger partial charge in [-0.1, -0.05) is 12.1 Å². The largest absolute Gasteiger partial charge is 0.264 e. The van der Waals surface area contributed by atoms with Crippen molar-refractivity contribution in [3.05, 3.63) is 36.7 Å². The van der Waals surface area contributed by atoms with Crippen LogP contribution < -0.4 is 0 Å². The molecule has 0 saturated heterocycles. The summed E-state index contributed by atoms with van der Waals surface area (Å²) in [4.78, 5) is 7.94. The van der Waals surface area contributed by atoms with Crippen molar-refractivity contribution in [3.8, 4) is 0 Å². The van der Waals surface area contributed by atoms with Gasteiger partial charge in [0.15, 0.2) is 0 Å². The fourth-order valence-corrected chi connectivity index (χ4v) is 1.24. The minimum Gasteiger partial charge on any atom is -0.264 e. The van der Waals surface area contributed by atoms with E-state index in [0.29, 0.717) is 0 Å². The number of rotatable bonds is 1. The van der Waals surface area contributed by atoms with Gasteiger partial charge in [0.2, 0.25) is 0 Å². The Balaban J connectivity index is 2.88. The van der Waals surface area contributed by atoms with Gasteiger partial charge >= 0.3 is 0 Å². The summed E-state index contributed by atoms with van der Waals surface area (Å²) in [7, 11) is 0. The quantitative estimate of drug-likeness (QED) is 0.582. The first-order chi connectivity index (χ1) is 5.92. The second kappa shape index (κ2) is 2.74. The predicted octanol–water partition coefficient (Wildman–Crippen LogP) is 2.57. The first-order valence-corrected chi connectivity index (χ1v) is 3.71. The molecule has 1 aromatic carbocycles. The number of hydrogen-bond acceptors (Lipinski definition) is 2. The molecule has 1 heterocycles. The van der Waals surface area contributed by atoms with Crippen molar-refractivity contribution in [2.75, 3.05) is 0 Å². The fourth-order valence-electron chi connectivity index (χ4n) is 1.24. The lowest BCUT2D eigenvalue weighted by molar-refractivity contribution is 1.36. The third kappa shape index (κ3) is 0.975. The third-order valence-corrected chi connectivity index (χ3v) is 1.83. The van der Waals surface area contributed by atoms with Crippen LogP contribution in [0.1, 0.15) is 0 Å². The molecule has 0 atom stereocenters. The second-order valence-corrected chi connectivity index (χ2v) is 2.53. The molecule has 0 bridgehead atoms. The molecule has 0 saturated carbocycles. The Bertz CT molecular complexity index is 416. The van der Waals surface area contributed by atoms with Crippen molar-refractivity contribution in [2.24, 2.45) is 4.99 Å². The van der Waals surface area contributed by atoms with E-state index in [0.717, 1.165) is 16.5 Å². The van der Waals surface area contributed by atoms with Crippen LogP contribution in [0.15, 0.2) is 41.7 Å². The average Bonchev–Trinajstić information content (AvgIpc) is 2.17. The Kier molecular flexibility index (Phi) is 1.59. The maximum Gasteiger partial charge on any atom is 0.0716 e. The summed E-state index contributed by atoms with van der Waals surface area (Å²) in [5.74, 6) is 0. The van der Waals surface area contributed by atoms with Crippen LogP contribution in [0.25, 0.3) is 10.8 Å². The molecule has 12 heavy (non-hydrogen) atoms. The highest BCUT2D eigenvalue weighted by Crippen LogP contribution is 2.23. The first kappa shape index (κ1) is 6.98. The SMILES string of the molecule is C=Nc1cccc2ccncc12. The maximum absolute atomic E-state index is 4.03. The molecule has 0 amide bonds. The zero-order valence-electron chi connectivity index (χ0n) is 6.57. The number of benzene rings is 1. The summed E-state index contributed by atoms with van der Waals surface area (Å²) in [6, 6.07) is 7.89. The van der Waals surface area contributed by atoms with Crippen LogP contribution in [0.5, 0.6) is 0 Å². The highest BCUT2D eigenvalue weighted by molar-refractivity contribution is 5.92. The third-order valence-electron chi connectivity index (χ3n) is 1.83. The van der Waals surface area contributed by atoms with E-state index in [1.54, 1.807) is 12.4 Å². The van der Waals surface area contributed by atoms with Crippen LogP contribution >= 0.6 is 0 Å². The Labute approximate surface area is 70.6 Å². The molecular weight excluding hydrogens is 148 g/mol. The summed E-state index contributed by atoms with van der Waals surface area (Å²) in [6.45, 7) is 3.50. The summed E-state index contributed by atoms with van der Waals surface area (Å²) in [5, 5.41) is 2.20. The van der Waals surface area contributed by atoms with Crippen molar-refractivity contribution in [1.29, 1.82) is 0 Å². The molecule has 2 heteroatoms. The van der Waals surface area contributed by atoms with E-state index < -0.39 is 0 Å². The van der Waals surface area contributed by atoms with Crippen LogP contribution in [0.2, 0.25) is 0 Å². The van der Waals surface area contributed by atoms with Gasteiger partial charge in [-0.05, 0) is 24.2 Å². The molecule has 0 spiro atoms. The lowest BCUT2D eigenvalue weighted by Crippen LogP contribution is -1.74. The minimum absolute atomic E-state index is 0.889. The maximum atomic E-state index is 4.03. The monoisotopic (exact) mass is 156 g/mol. The molecule has 2 rings (SSSR count). The van der Waals surface area contributed by atoms with E-state index in [4.69, 9.17) is 0 Å². The number of fused-ring (bicyclic) bond motifs is 1. The van der Waals surface area contributed by atoms with Gasteiger partial charge in [-0.25, -0.2) is 0 Å². The lowest BCUT2D eigenvalue weighted by Gasteiger charge is -1.98. The molecule has 0 radical (unpaired) electrons. The number of pyridine rings is 1. The van der Waals surface area contributed by atoms with Crippen LogP contribution in [-0.2, 0) is 0 Å². The van der Waals surface area contributed by atoms with Crippen LogP contribution in [0.4, 0.5) is 5.69 Å². The van der Waals surface area contributed by atoms with Crippen molar-refractivity contribution in [2.45, 2.75) is 0 Å². The second-order valence-electron chi connectivity index (χ2n) is 2.53. The molecule has 0 fully saturated rings. The highest BCUT2D eigenvalue weighted by Gasteiger charge is 1.95. The Morgan fingerprint density at radius 2 is 2.17 bits per heavy atom. The smallest absolute Gasteiger partial charge is 0.0716 e. The number of hydrogen-bond donors (Lipinski definition) is 0. The van der Waals surface area contributed by atoms with E-state index in [-0.39, 0.29) is 0 Å². The normalized spacial score (nSPS) is 10.0. The van der Waals surface area contributed by atoms with Crippen molar-refractivity contribution in [1.82, 2.24) is 4.98 Å². The molecule has 58 valence electrons. The fraction of sp³-hybridized carbons (Fsp3) is 0. The van der Waals surface area contributed by atoms with Crippen LogP contribution in [0.3, 0.4) is 0 Å². The number of aliphatic imine (C=N–C) groups is 1. The van der Waals surface area contributed by atoms with E-state index in [9.17, 15) is 0 Å². The van der Waals surface area contributed by atoms with E-state index >= 15 is 0 Å². The van der Waals surface area contributed by atoms with Gasteiger partial charge in [-0.3, -0.25) is 9.98 Å². The van der Waals surface area contributed by atoms with E-state index in [2.05, 4.69) is 16.7 Å². The zero-order chi connectivity index (χ0) is 8.39. The van der Waals surface area contributed by atoms with Crippen molar-refractivity contribution < 1.29 is 0 Å². The highest BCUT2D eigenvalue weighted by atomic mass is 14.7. The van der Waals surface area contributed by atoms with E-state index in [1.165, 1.54) is 0 Å². The number of aromatic nitrogens is 1. The summed E-state index contributed by atoms with van der Waals surface area (Å²) in [6.07, 6.45) is 3.58. The van der Waals surface area contributed by atoms with Crippen molar-refractivity contribution in [3.63, 3.8) is 0 Å². The molecule has 2 aromatic rings. The predicted molar refractivity (Wildman–Crippen MR) is 51.0 cm³/mol. The molecule has 0 aliphatic carbocycles. The van der Waals surface area contributed by atoms with Gasteiger partial charge in [0.1, 0.15) is 0 Å². The summed E-state index contributed by atoms with van der Waals surface area (Å²) in [5.41, 5.74) is 0.889. The lowest BCUT2D eigenvalue weighted by atomic mass is 10.1. The Morgan fingerprint density at radius 3 is 3.00 bits per heavy atom. The molecule has 0 N–H and O–H groups in total. The molecule has 0 aliphatic rings. The van der Waals surface area contributed by atoms with Gasteiger partial charge < -0.3 is 0 Å². The first-order valence-electron chi connectivity index (χ1n) is 3.71. The van der Waals surface area contributed by atoms with Crippen molar-refractivity contribution >= 4 is 23.2 Å². The summed E-state index contributed by atoms with van der Waals surface area (Å²) >= 11 is 0. The topological polar surface area (TPSA) is 25.2 Å². The van der Waals surface area contributed by atoms with Crippen LogP contribution in [-0.4, -0.2) is 11.7 Å². The molecule has 0 aliphatic heterocycles. The van der Waals surface area contributed by atoms with E-state index in [1.807, 2.05) is 24.3 Å². The standard InChI is InChI=1S/C10H8N2/c1-11-10-4-2-3-8-5-6-12-7-9(8)10/h2-7H,1H2. The average molecular weight is 156 g/mol. The molecule has 1 aromatic heterocycles. The molecule has 2 nitrogen and oxygen atoms in total. The van der Waals surface area contributed by atoms with Gasteiger partial charge in [-0.15, -0.1) is 0 Å². The van der Waals surface area contributed by atoms with Gasteiger partial charge in [0.05, 0.1) is 5.69 Å². The van der Waals surface area contributed by atoms with Crippen LogP contribution in [0, 0.1) is 0 Å². The zero-order valence-corrected chi connectivity index (χ0v) is 6.57. The van der Waals surface area contributed by atoms with Gasteiger partial charge in [0.25, 0.3) is 0 Å². The molecule has 0 unspecified atom stereocenters. The molecular formula is C10H8N2. The number of nitrogens with zero attached hydrogens (tertiary/aromatic N) is 2.